The van der Waals surface area contributed by atoms with Gasteiger partial charge >= 0.3 is 6.18 Å². The summed E-state index contributed by atoms with van der Waals surface area (Å²) in [5, 5.41) is 4.70. The van der Waals surface area contributed by atoms with Gasteiger partial charge in [0.05, 0.1) is 5.56 Å². The van der Waals surface area contributed by atoms with Crippen molar-refractivity contribution < 1.29 is 17.6 Å². The molecule has 0 aliphatic carbocycles. The summed E-state index contributed by atoms with van der Waals surface area (Å²) in [5.41, 5.74) is -0.881. The maximum Gasteiger partial charge on any atom is 0.416 e. The van der Waals surface area contributed by atoms with Crippen LogP contribution in [-0.4, -0.2) is 7.05 Å². The van der Waals surface area contributed by atoms with E-state index in [0.717, 1.165) is 27.5 Å². The number of likely N-dealkylation sites (N-methyl/N-ethyl adjacent to an activating group) is 1. The molecule has 0 saturated heterocycles. The first kappa shape index (κ1) is 16.5. The monoisotopic (exact) mass is 381 g/mol. The third-order valence-corrected chi connectivity index (χ3v) is 4.79. The number of nitrogens with one attached hydrogen (secondary N) is 1. The van der Waals surface area contributed by atoms with Crippen LogP contribution in [0.4, 0.5) is 17.6 Å². The van der Waals surface area contributed by atoms with Crippen LogP contribution in [-0.2, 0) is 12.6 Å². The molecule has 2 aromatic rings. The Balaban J connectivity index is 2.39. The van der Waals surface area contributed by atoms with Crippen LogP contribution < -0.4 is 5.32 Å². The fraction of sp³-hybridized carbons (Fsp3) is 0.286. The lowest BCUT2D eigenvalue weighted by molar-refractivity contribution is -0.138. The molecule has 1 atom stereocenters. The number of hydrogen-bond acceptors (Lipinski definition) is 2. The smallest absolute Gasteiger partial charge is 0.313 e. The molecule has 7 heteroatoms. The van der Waals surface area contributed by atoms with Gasteiger partial charge in [-0.25, -0.2) is 4.39 Å². The van der Waals surface area contributed by atoms with Gasteiger partial charge in [-0.15, -0.1) is 11.3 Å². The first-order chi connectivity index (χ1) is 9.81. The van der Waals surface area contributed by atoms with Crippen LogP contribution in [0.1, 0.15) is 22.0 Å². The van der Waals surface area contributed by atoms with E-state index < -0.39 is 23.6 Å². The van der Waals surface area contributed by atoms with Crippen molar-refractivity contribution in [3.05, 3.63) is 55.9 Å². The van der Waals surface area contributed by atoms with E-state index in [1.807, 2.05) is 11.4 Å². The summed E-state index contributed by atoms with van der Waals surface area (Å²) in [6, 6.07) is 3.82. The van der Waals surface area contributed by atoms with Gasteiger partial charge in [0, 0.05) is 27.2 Å². The molecule has 21 heavy (non-hydrogen) atoms. The van der Waals surface area contributed by atoms with E-state index in [1.165, 1.54) is 11.3 Å². The number of alkyl halides is 3. The van der Waals surface area contributed by atoms with Crippen molar-refractivity contribution in [1.29, 1.82) is 0 Å². The molecule has 1 nitrogen and oxygen atoms in total. The molecule has 1 aromatic carbocycles. The zero-order valence-corrected chi connectivity index (χ0v) is 13.4. The molecule has 1 N–H and O–H groups in total. The molecule has 0 bridgehead atoms. The summed E-state index contributed by atoms with van der Waals surface area (Å²) in [7, 11) is 1.57. The van der Waals surface area contributed by atoms with Crippen molar-refractivity contribution in [3.63, 3.8) is 0 Å². The standard InChI is InChI=1S/C14H12BrF4NS/c1-20-13(6-10-4-8(15)7-21-10)11-5-9(16)2-3-12(11)14(17,18)19/h2-5,7,13,20H,6H2,1H3. The number of benzene rings is 1. The second-order valence-corrected chi connectivity index (χ2v) is 6.42. The lowest BCUT2D eigenvalue weighted by Crippen LogP contribution is -2.22. The van der Waals surface area contributed by atoms with Crippen LogP contribution in [0.25, 0.3) is 0 Å². The fourth-order valence-electron chi connectivity index (χ4n) is 2.11. The Morgan fingerprint density at radius 1 is 1.29 bits per heavy atom. The summed E-state index contributed by atoms with van der Waals surface area (Å²) in [4.78, 5) is 0.915. The Kier molecular flexibility index (Phi) is 5.06. The zero-order valence-electron chi connectivity index (χ0n) is 11.0. The van der Waals surface area contributed by atoms with Crippen molar-refractivity contribution in [1.82, 2.24) is 5.32 Å². The highest BCUT2D eigenvalue weighted by atomic mass is 79.9. The number of halogens is 5. The van der Waals surface area contributed by atoms with Gasteiger partial charge in [0.25, 0.3) is 0 Å². The van der Waals surface area contributed by atoms with Crippen LogP contribution in [0, 0.1) is 5.82 Å². The van der Waals surface area contributed by atoms with E-state index in [0.29, 0.717) is 6.42 Å². The molecular weight excluding hydrogens is 370 g/mol. The summed E-state index contributed by atoms with van der Waals surface area (Å²) in [6.45, 7) is 0. The van der Waals surface area contributed by atoms with Crippen molar-refractivity contribution >= 4 is 27.3 Å². The van der Waals surface area contributed by atoms with E-state index in [1.54, 1.807) is 7.05 Å². The SMILES string of the molecule is CNC(Cc1cc(Br)cs1)c1cc(F)ccc1C(F)(F)F. The molecule has 1 aromatic heterocycles. The van der Waals surface area contributed by atoms with Crippen LogP contribution in [0.3, 0.4) is 0 Å². The van der Waals surface area contributed by atoms with Crippen molar-refractivity contribution in [2.45, 2.75) is 18.6 Å². The first-order valence-corrected chi connectivity index (χ1v) is 7.75. The Bertz CT molecular complexity index is 624. The van der Waals surface area contributed by atoms with Crippen LogP contribution in [0.5, 0.6) is 0 Å². The molecule has 0 saturated carbocycles. The van der Waals surface area contributed by atoms with E-state index in [4.69, 9.17) is 0 Å². The van der Waals surface area contributed by atoms with E-state index in [9.17, 15) is 17.6 Å². The van der Waals surface area contributed by atoms with Gasteiger partial charge in [-0.3, -0.25) is 0 Å². The van der Waals surface area contributed by atoms with Crippen molar-refractivity contribution in [3.8, 4) is 0 Å². The highest BCUT2D eigenvalue weighted by Crippen LogP contribution is 2.36. The summed E-state index contributed by atoms with van der Waals surface area (Å²) in [5.74, 6) is -0.675. The third-order valence-electron chi connectivity index (χ3n) is 3.07. The normalized spacial score (nSPS) is 13.4. The molecule has 0 aliphatic rings. The lowest BCUT2D eigenvalue weighted by atomic mass is 9.97. The van der Waals surface area contributed by atoms with Gasteiger partial charge in [-0.1, -0.05) is 0 Å². The van der Waals surface area contributed by atoms with Gasteiger partial charge in [0.15, 0.2) is 0 Å². The van der Waals surface area contributed by atoms with Gasteiger partial charge in [-0.2, -0.15) is 13.2 Å². The van der Waals surface area contributed by atoms with Crippen molar-refractivity contribution in [2.24, 2.45) is 0 Å². The summed E-state index contributed by atoms with van der Waals surface area (Å²) >= 11 is 4.75. The third kappa shape index (κ3) is 4.05. The Morgan fingerprint density at radius 2 is 2.00 bits per heavy atom. The molecule has 0 aliphatic heterocycles. The highest BCUT2D eigenvalue weighted by molar-refractivity contribution is 9.10. The molecule has 2 rings (SSSR count). The van der Waals surface area contributed by atoms with E-state index >= 15 is 0 Å². The van der Waals surface area contributed by atoms with Gasteiger partial charge < -0.3 is 5.32 Å². The highest BCUT2D eigenvalue weighted by Gasteiger charge is 2.35. The first-order valence-electron chi connectivity index (χ1n) is 6.08. The topological polar surface area (TPSA) is 12.0 Å². The van der Waals surface area contributed by atoms with Crippen LogP contribution in [0.15, 0.2) is 34.1 Å². The maximum absolute atomic E-state index is 13.4. The second-order valence-electron chi connectivity index (χ2n) is 4.51. The molecule has 1 heterocycles. The molecule has 114 valence electrons. The van der Waals surface area contributed by atoms with Gasteiger partial charge in [0.2, 0.25) is 0 Å². The largest absolute Gasteiger partial charge is 0.416 e. The Morgan fingerprint density at radius 3 is 2.52 bits per heavy atom. The molecule has 1 unspecified atom stereocenters. The minimum Gasteiger partial charge on any atom is -0.313 e. The van der Waals surface area contributed by atoms with Crippen LogP contribution in [0.2, 0.25) is 0 Å². The molecule has 0 spiro atoms. The minimum atomic E-state index is -4.51. The zero-order chi connectivity index (χ0) is 15.6. The molecule has 0 radical (unpaired) electrons. The predicted octanol–water partition coefficient (Wildman–Crippen LogP) is 5.17. The molecular formula is C14H12BrF4NS. The van der Waals surface area contributed by atoms with Crippen molar-refractivity contribution in [2.75, 3.05) is 7.05 Å². The fourth-order valence-corrected chi connectivity index (χ4v) is 3.61. The predicted molar refractivity (Wildman–Crippen MR) is 78.9 cm³/mol. The Hall–Kier alpha value is -0.920. The average molecular weight is 382 g/mol. The lowest BCUT2D eigenvalue weighted by Gasteiger charge is -2.21. The Labute approximate surface area is 132 Å². The summed E-state index contributed by atoms with van der Waals surface area (Å²) < 4.78 is 53.5. The van der Waals surface area contributed by atoms with E-state index in [2.05, 4.69) is 21.2 Å². The van der Waals surface area contributed by atoms with E-state index in [-0.39, 0.29) is 5.56 Å². The van der Waals surface area contributed by atoms with Gasteiger partial charge in [0.1, 0.15) is 5.82 Å². The quantitative estimate of drug-likeness (QED) is 0.720. The second kappa shape index (κ2) is 6.46. The number of thiophene rings is 1. The van der Waals surface area contributed by atoms with Crippen LogP contribution >= 0.6 is 27.3 Å². The average Bonchev–Trinajstić information content (AvgIpc) is 2.80. The minimum absolute atomic E-state index is 0.0745. The number of hydrogen-bond donors (Lipinski definition) is 1. The maximum atomic E-state index is 13.4. The van der Waals surface area contributed by atoms with Gasteiger partial charge in [-0.05, 0) is 52.8 Å². The molecule has 0 amide bonds. The number of rotatable bonds is 4. The summed E-state index contributed by atoms with van der Waals surface area (Å²) in [6.07, 6.45) is -4.15. The molecule has 0 fully saturated rings.